The highest BCUT2D eigenvalue weighted by molar-refractivity contribution is 6.36. The van der Waals surface area contributed by atoms with Crippen LogP contribution in [0.4, 0.5) is 11.4 Å². The molecule has 0 fully saturated rings. The third-order valence-electron chi connectivity index (χ3n) is 3.03. The van der Waals surface area contributed by atoms with Crippen molar-refractivity contribution in [3.63, 3.8) is 0 Å². The minimum Gasteiger partial charge on any atom is -0.350 e. The molecule has 0 saturated heterocycles. The van der Waals surface area contributed by atoms with Crippen molar-refractivity contribution in [1.29, 1.82) is 5.26 Å². The molecule has 116 valence electrons. The van der Waals surface area contributed by atoms with Crippen LogP contribution >= 0.6 is 23.2 Å². The van der Waals surface area contributed by atoms with E-state index in [1.807, 2.05) is 36.4 Å². The molecule has 0 aliphatic rings. The quantitative estimate of drug-likeness (QED) is 0.656. The van der Waals surface area contributed by atoms with Gasteiger partial charge >= 0.3 is 0 Å². The van der Waals surface area contributed by atoms with Gasteiger partial charge in [0, 0.05) is 24.0 Å². The van der Waals surface area contributed by atoms with E-state index in [0.717, 1.165) is 5.69 Å². The standard InChI is InChI=1S/C17H13Cl2N3O/c1-22(14-5-3-2-4-6-14)11-12(10-20)17(23)21-16-8-7-13(18)9-15(16)19/h2-9,11H,1H3,(H,21,23)/b12-11-. The van der Waals surface area contributed by atoms with Gasteiger partial charge in [-0.25, -0.2) is 0 Å². The van der Waals surface area contributed by atoms with Gasteiger partial charge in [0.2, 0.25) is 0 Å². The second-order valence-electron chi connectivity index (χ2n) is 4.68. The number of carbonyl (C=O) groups excluding carboxylic acids is 1. The number of nitrogens with zero attached hydrogens (tertiary/aromatic N) is 2. The van der Waals surface area contributed by atoms with Gasteiger partial charge in [-0.1, -0.05) is 41.4 Å². The maximum absolute atomic E-state index is 12.2. The van der Waals surface area contributed by atoms with Crippen LogP contribution in [0.2, 0.25) is 10.0 Å². The van der Waals surface area contributed by atoms with Crippen molar-refractivity contribution in [2.45, 2.75) is 0 Å². The van der Waals surface area contributed by atoms with Crippen molar-refractivity contribution in [3.8, 4) is 6.07 Å². The molecule has 2 aromatic carbocycles. The van der Waals surface area contributed by atoms with Gasteiger partial charge in [-0.2, -0.15) is 5.26 Å². The summed E-state index contributed by atoms with van der Waals surface area (Å²) in [5.41, 5.74) is 1.21. The van der Waals surface area contributed by atoms with Crippen molar-refractivity contribution in [2.24, 2.45) is 0 Å². The fraction of sp³-hybridized carbons (Fsp3) is 0.0588. The Morgan fingerprint density at radius 3 is 2.52 bits per heavy atom. The van der Waals surface area contributed by atoms with E-state index >= 15 is 0 Å². The average Bonchev–Trinajstić information content (AvgIpc) is 2.55. The zero-order valence-corrected chi connectivity index (χ0v) is 13.8. The lowest BCUT2D eigenvalue weighted by molar-refractivity contribution is -0.112. The summed E-state index contributed by atoms with van der Waals surface area (Å²) in [5.74, 6) is -0.542. The van der Waals surface area contributed by atoms with Gasteiger partial charge in [-0.3, -0.25) is 4.79 Å². The van der Waals surface area contributed by atoms with Crippen LogP contribution in [0.3, 0.4) is 0 Å². The van der Waals surface area contributed by atoms with Crippen molar-refractivity contribution >= 4 is 40.5 Å². The van der Waals surface area contributed by atoms with E-state index in [4.69, 9.17) is 23.2 Å². The summed E-state index contributed by atoms with van der Waals surface area (Å²) in [7, 11) is 1.76. The summed E-state index contributed by atoms with van der Waals surface area (Å²) in [5, 5.41) is 12.6. The number of nitrogens with one attached hydrogen (secondary N) is 1. The number of amides is 1. The van der Waals surface area contributed by atoms with Gasteiger partial charge in [0.25, 0.3) is 5.91 Å². The van der Waals surface area contributed by atoms with Crippen molar-refractivity contribution in [3.05, 3.63) is 70.3 Å². The summed E-state index contributed by atoms with van der Waals surface area (Å²) in [6.07, 6.45) is 1.47. The Morgan fingerprint density at radius 1 is 1.22 bits per heavy atom. The summed E-state index contributed by atoms with van der Waals surface area (Å²) in [6.45, 7) is 0. The molecule has 0 atom stereocenters. The summed E-state index contributed by atoms with van der Waals surface area (Å²) in [6, 6.07) is 16.0. The van der Waals surface area contributed by atoms with Crippen LogP contribution in [0.5, 0.6) is 0 Å². The Bertz CT molecular complexity index is 782. The van der Waals surface area contributed by atoms with Crippen molar-refractivity contribution in [1.82, 2.24) is 0 Å². The highest BCUT2D eigenvalue weighted by Gasteiger charge is 2.12. The predicted molar refractivity (Wildman–Crippen MR) is 93.6 cm³/mol. The third-order valence-corrected chi connectivity index (χ3v) is 3.58. The van der Waals surface area contributed by atoms with Crippen LogP contribution < -0.4 is 10.2 Å². The molecule has 2 aromatic rings. The van der Waals surface area contributed by atoms with Crippen LogP contribution in [0.25, 0.3) is 0 Å². The first kappa shape index (κ1) is 16.9. The first-order valence-electron chi connectivity index (χ1n) is 6.67. The Kier molecular flexibility index (Phi) is 5.64. The maximum atomic E-state index is 12.2. The van der Waals surface area contributed by atoms with Gasteiger partial charge < -0.3 is 10.2 Å². The fourth-order valence-electron chi connectivity index (χ4n) is 1.85. The minimum absolute atomic E-state index is 0.0395. The number of hydrogen-bond donors (Lipinski definition) is 1. The number of hydrogen-bond acceptors (Lipinski definition) is 3. The lowest BCUT2D eigenvalue weighted by Gasteiger charge is -2.15. The van der Waals surface area contributed by atoms with E-state index in [1.165, 1.54) is 12.3 Å². The number of nitriles is 1. The van der Waals surface area contributed by atoms with Gasteiger partial charge in [0.1, 0.15) is 11.6 Å². The second-order valence-corrected chi connectivity index (χ2v) is 5.52. The molecule has 0 aliphatic carbocycles. The van der Waals surface area contributed by atoms with Crippen LogP contribution in [-0.4, -0.2) is 13.0 Å². The molecule has 0 aromatic heterocycles. The summed E-state index contributed by atoms with van der Waals surface area (Å²) in [4.78, 5) is 13.9. The monoisotopic (exact) mass is 345 g/mol. The lowest BCUT2D eigenvalue weighted by Crippen LogP contribution is -2.18. The number of rotatable bonds is 4. The summed E-state index contributed by atoms with van der Waals surface area (Å²) < 4.78 is 0. The number of anilines is 2. The Balaban J connectivity index is 2.18. The molecule has 0 saturated carbocycles. The molecule has 0 heterocycles. The molecule has 0 bridgehead atoms. The van der Waals surface area contributed by atoms with E-state index in [1.54, 1.807) is 24.1 Å². The molecular formula is C17H13Cl2N3O. The van der Waals surface area contributed by atoms with E-state index in [0.29, 0.717) is 15.7 Å². The smallest absolute Gasteiger partial charge is 0.267 e. The fourth-order valence-corrected chi connectivity index (χ4v) is 2.31. The van der Waals surface area contributed by atoms with Gasteiger partial charge in [0.15, 0.2) is 0 Å². The topological polar surface area (TPSA) is 56.1 Å². The van der Waals surface area contributed by atoms with Crippen molar-refractivity contribution < 1.29 is 4.79 Å². The zero-order valence-electron chi connectivity index (χ0n) is 12.3. The Hall–Kier alpha value is -2.48. The molecule has 0 aliphatic heterocycles. The maximum Gasteiger partial charge on any atom is 0.267 e. The van der Waals surface area contributed by atoms with E-state index in [9.17, 15) is 10.1 Å². The van der Waals surface area contributed by atoms with Crippen LogP contribution in [0, 0.1) is 11.3 Å². The average molecular weight is 346 g/mol. The molecule has 1 N–H and O–H groups in total. The number of halogens is 2. The Morgan fingerprint density at radius 2 is 1.91 bits per heavy atom. The highest BCUT2D eigenvalue weighted by atomic mass is 35.5. The van der Waals surface area contributed by atoms with E-state index < -0.39 is 5.91 Å². The molecular weight excluding hydrogens is 333 g/mol. The SMILES string of the molecule is CN(/C=C(/C#N)C(=O)Nc1ccc(Cl)cc1Cl)c1ccccc1. The number of carbonyl (C=O) groups is 1. The largest absolute Gasteiger partial charge is 0.350 e. The normalized spacial score (nSPS) is 10.8. The Labute approximate surface area is 144 Å². The molecule has 0 unspecified atom stereocenters. The van der Waals surface area contributed by atoms with E-state index in [-0.39, 0.29) is 5.57 Å². The van der Waals surface area contributed by atoms with Crippen molar-refractivity contribution in [2.75, 3.05) is 17.3 Å². The molecule has 0 spiro atoms. The molecule has 0 radical (unpaired) electrons. The zero-order chi connectivity index (χ0) is 16.8. The molecule has 4 nitrogen and oxygen atoms in total. The second kappa shape index (κ2) is 7.68. The summed E-state index contributed by atoms with van der Waals surface area (Å²) >= 11 is 11.8. The minimum atomic E-state index is -0.542. The number of para-hydroxylation sites is 1. The third kappa shape index (κ3) is 4.49. The number of benzene rings is 2. The molecule has 2 rings (SSSR count). The first-order valence-corrected chi connectivity index (χ1v) is 7.43. The van der Waals surface area contributed by atoms with Gasteiger partial charge in [-0.05, 0) is 30.3 Å². The lowest BCUT2D eigenvalue weighted by atomic mass is 10.2. The van der Waals surface area contributed by atoms with Crippen LogP contribution in [0.15, 0.2) is 60.3 Å². The van der Waals surface area contributed by atoms with E-state index in [2.05, 4.69) is 5.32 Å². The first-order chi connectivity index (χ1) is 11.0. The predicted octanol–water partition coefficient (Wildman–Crippen LogP) is 4.48. The van der Waals surface area contributed by atoms with Crippen LogP contribution in [0.1, 0.15) is 0 Å². The van der Waals surface area contributed by atoms with Gasteiger partial charge in [-0.15, -0.1) is 0 Å². The van der Waals surface area contributed by atoms with Crippen LogP contribution in [-0.2, 0) is 4.79 Å². The molecule has 23 heavy (non-hydrogen) atoms. The molecule has 6 heteroatoms. The van der Waals surface area contributed by atoms with Gasteiger partial charge in [0.05, 0.1) is 10.7 Å². The molecule has 1 amide bonds. The highest BCUT2D eigenvalue weighted by Crippen LogP contribution is 2.25.